The van der Waals surface area contributed by atoms with Crippen molar-refractivity contribution in [3.63, 3.8) is 0 Å². The number of carbonyl (C=O) groups is 1. The van der Waals surface area contributed by atoms with Crippen LogP contribution in [0.4, 0.5) is 17.6 Å². The molecule has 0 aliphatic heterocycles. The molecule has 3 nitrogen and oxygen atoms in total. The third-order valence-corrected chi connectivity index (χ3v) is 3.10. The lowest BCUT2D eigenvalue weighted by Crippen LogP contribution is -2.12. The molecule has 0 heterocycles. The molecule has 2 aromatic rings. The Morgan fingerprint density at radius 1 is 1.12 bits per heavy atom. The number of nitrogens with one attached hydrogen (secondary N) is 1. The van der Waals surface area contributed by atoms with Crippen LogP contribution in [0.1, 0.15) is 15.9 Å². The zero-order valence-corrected chi connectivity index (χ0v) is 14.7. The van der Waals surface area contributed by atoms with Crippen LogP contribution in [0.5, 0.6) is 5.75 Å². The minimum Gasteiger partial charge on any atom is -0.454 e. The summed E-state index contributed by atoms with van der Waals surface area (Å²) in [7, 11) is 3.75. The Bertz CT molecular complexity index is 774. The second kappa shape index (κ2) is 9.35. The van der Waals surface area contributed by atoms with Crippen molar-refractivity contribution in [1.29, 1.82) is 0 Å². The van der Waals surface area contributed by atoms with E-state index in [4.69, 9.17) is 16.3 Å². The minimum absolute atomic E-state index is 0.236. The van der Waals surface area contributed by atoms with E-state index in [1.165, 1.54) is 24.3 Å². The molecule has 0 unspecified atom stereocenters. The molecule has 1 N–H and O–H groups in total. The van der Waals surface area contributed by atoms with Gasteiger partial charge in [0.1, 0.15) is 11.6 Å². The van der Waals surface area contributed by atoms with Gasteiger partial charge in [-0.1, -0.05) is 18.2 Å². The van der Waals surface area contributed by atoms with Crippen molar-refractivity contribution < 1.29 is 27.1 Å². The molecule has 0 aromatic heterocycles. The number of hydrogen-bond acceptors (Lipinski definition) is 3. The van der Waals surface area contributed by atoms with Crippen molar-refractivity contribution in [2.45, 2.75) is 6.18 Å². The van der Waals surface area contributed by atoms with Crippen LogP contribution in [-0.2, 0) is 6.18 Å². The fourth-order valence-electron chi connectivity index (χ4n) is 1.72. The maximum atomic E-state index is 13.7. The van der Waals surface area contributed by atoms with Crippen LogP contribution < -0.4 is 10.1 Å². The zero-order chi connectivity index (χ0) is 19.9. The quantitative estimate of drug-likeness (QED) is 0.342. The van der Waals surface area contributed by atoms with Gasteiger partial charge in [0.15, 0.2) is 5.76 Å². The van der Waals surface area contributed by atoms with E-state index < -0.39 is 34.7 Å². The topological polar surface area (TPSA) is 38.3 Å². The fraction of sp³-hybridized carbons (Fsp3) is 0.167. The van der Waals surface area contributed by atoms with Gasteiger partial charge in [0, 0.05) is 5.02 Å². The number of ketones is 1. The van der Waals surface area contributed by atoms with Crippen molar-refractivity contribution in [2.75, 3.05) is 14.1 Å². The summed E-state index contributed by atoms with van der Waals surface area (Å²) in [5, 5.41) is 3.20. The number of carbonyl (C=O) groups excluding carboxylic acids is 1. The number of ether oxygens (including phenoxy) is 1. The van der Waals surface area contributed by atoms with Gasteiger partial charge in [0.25, 0.3) is 0 Å². The molecule has 8 heteroatoms. The molecule has 0 fully saturated rings. The van der Waals surface area contributed by atoms with E-state index >= 15 is 0 Å². The Kier molecular flexibility index (Phi) is 7.79. The zero-order valence-electron chi connectivity index (χ0n) is 14.0. The summed E-state index contributed by atoms with van der Waals surface area (Å²) < 4.78 is 56.3. The highest BCUT2D eigenvalue weighted by atomic mass is 35.5. The van der Waals surface area contributed by atoms with Gasteiger partial charge in [-0.15, -0.1) is 0 Å². The van der Waals surface area contributed by atoms with Gasteiger partial charge in [-0.3, -0.25) is 4.79 Å². The van der Waals surface area contributed by atoms with Crippen molar-refractivity contribution in [3.05, 3.63) is 76.8 Å². The Morgan fingerprint density at radius 2 is 1.65 bits per heavy atom. The number of halogens is 5. The summed E-state index contributed by atoms with van der Waals surface area (Å²) in [5.74, 6) is -2.44. The first-order valence-corrected chi connectivity index (χ1v) is 7.60. The number of allylic oxidation sites excluding steroid dienone is 1. The van der Waals surface area contributed by atoms with Gasteiger partial charge >= 0.3 is 6.18 Å². The Morgan fingerprint density at radius 3 is 2.12 bits per heavy atom. The summed E-state index contributed by atoms with van der Waals surface area (Å²) in [4.78, 5) is 12.0. The SMILES string of the molecule is C=C(Oc1ccc(Cl)cc1)C(=O)c1ccc(C(F)(F)F)cc1F.CNC. The number of Topliss-reactive ketones (excluding diaryl/α,β-unsaturated/α-hetero) is 1. The molecule has 0 saturated carbocycles. The van der Waals surface area contributed by atoms with Crippen LogP contribution in [0, 0.1) is 5.82 Å². The van der Waals surface area contributed by atoms with Gasteiger partial charge in [0.05, 0.1) is 11.1 Å². The Labute approximate surface area is 153 Å². The molecule has 26 heavy (non-hydrogen) atoms. The summed E-state index contributed by atoms with van der Waals surface area (Å²) in [6, 6.07) is 7.56. The second-order valence-electron chi connectivity index (χ2n) is 5.00. The summed E-state index contributed by atoms with van der Waals surface area (Å²) >= 11 is 5.69. The van der Waals surface area contributed by atoms with E-state index in [-0.39, 0.29) is 11.8 Å². The second-order valence-corrected chi connectivity index (χ2v) is 5.44. The maximum absolute atomic E-state index is 13.7. The Hall–Kier alpha value is -2.38. The molecule has 0 amide bonds. The lowest BCUT2D eigenvalue weighted by molar-refractivity contribution is -0.137. The largest absolute Gasteiger partial charge is 0.454 e. The highest BCUT2D eigenvalue weighted by Crippen LogP contribution is 2.30. The molecule has 0 atom stereocenters. The average Bonchev–Trinajstić information content (AvgIpc) is 2.56. The number of alkyl halides is 3. The fourth-order valence-corrected chi connectivity index (χ4v) is 1.84. The molecule has 0 spiro atoms. The smallest absolute Gasteiger partial charge is 0.416 e. The third kappa shape index (κ3) is 6.16. The number of rotatable bonds is 4. The minimum atomic E-state index is -4.70. The van der Waals surface area contributed by atoms with Crippen molar-refractivity contribution in [3.8, 4) is 5.75 Å². The van der Waals surface area contributed by atoms with E-state index in [0.717, 1.165) is 6.07 Å². The average molecular weight is 390 g/mol. The maximum Gasteiger partial charge on any atom is 0.416 e. The number of benzene rings is 2. The van der Waals surface area contributed by atoms with Crippen molar-refractivity contribution in [2.24, 2.45) is 0 Å². The molecule has 0 radical (unpaired) electrons. The molecule has 0 aliphatic carbocycles. The normalized spacial score (nSPS) is 10.6. The first-order chi connectivity index (χ1) is 12.1. The molecule has 2 rings (SSSR count). The molecule has 0 bridgehead atoms. The number of hydrogen-bond donors (Lipinski definition) is 1. The van der Waals surface area contributed by atoms with Crippen LogP contribution in [0.2, 0.25) is 5.02 Å². The van der Waals surface area contributed by atoms with E-state index in [9.17, 15) is 22.4 Å². The molecule has 0 aliphatic rings. The van der Waals surface area contributed by atoms with Crippen LogP contribution in [0.15, 0.2) is 54.8 Å². The lowest BCUT2D eigenvalue weighted by Gasteiger charge is -2.10. The Balaban J connectivity index is 0.00000105. The van der Waals surface area contributed by atoms with Gasteiger partial charge in [-0.25, -0.2) is 4.39 Å². The van der Waals surface area contributed by atoms with Crippen LogP contribution in [-0.4, -0.2) is 19.9 Å². The lowest BCUT2D eigenvalue weighted by atomic mass is 10.1. The summed E-state index contributed by atoms with van der Waals surface area (Å²) in [6.45, 7) is 3.37. The van der Waals surface area contributed by atoms with E-state index in [1.54, 1.807) is 0 Å². The van der Waals surface area contributed by atoms with E-state index in [2.05, 4.69) is 11.9 Å². The van der Waals surface area contributed by atoms with Crippen LogP contribution >= 0.6 is 11.6 Å². The van der Waals surface area contributed by atoms with Gasteiger partial charge in [0.2, 0.25) is 5.78 Å². The molecule has 0 saturated heterocycles. The van der Waals surface area contributed by atoms with Gasteiger partial charge in [-0.2, -0.15) is 13.2 Å². The van der Waals surface area contributed by atoms with E-state index in [1.807, 2.05) is 14.1 Å². The predicted octanol–water partition coefficient (Wildman–Crippen LogP) is 5.11. The molecule has 140 valence electrons. The van der Waals surface area contributed by atoms with Gasteiger partial charge in [-0.05, 0) is 56.6 Å². The van der Waals surface area contributed by atoms with Crippen molar-refractivity contribution in [1.82, 2.24) is 5.32 Å². The third-order valence-electron chi connectivity index (χ3n) is 2.85. The van der Waals surface area contributed by atoms with Crippen LogP contribution in [0.3, 0.4) is 0 Å². The van der Waals surface area contributed by atoms with E-state index in [0.29, 0.717) is 11.1 Å². The van der Waals surface area contributed by atoms with Crippen molar-refractivity contribution >= 4 is 17.4 Å². The summed E-state index contributed by atoms with van der Waals surface area (Å²) in [6.07, 6.45) is -4.70. The highest BCUT2D eigenvalue weighted by molar-refractivity contribution is 6.30. The van der Waals surface area contributed by atoms with Gasteiger partial charge < -0.3 is 10.1 Å². The predicted molar refractivity (Wildman–Crippen MR) is 91.9 cm³/mol. The monoisotopic (exact) mass is 389 g/mol. The molecular formula is C18H16ClF4NO2. The highest BCUT2D eigenvalue weighted by Gasteiger charge is 2.32. The van der Waals surface area contributed by atoms with Crippen LogP contribution in [0.25, 0.3) is 0 Å². The molecule has 2 aromatic carbocycles. The first kappa shape index (κ1) is 21.7. The summed E-state index contributed by atoms with van der Waals surface area (Å²) in [5.41, 5.74) is -1.74. The standard InChI is InChI=1S/C16H9ClF4O2.C2H7N/c1-9(23-12-5-3-11(17)4-6-12)15(22)13-7-2-10(8-14(13)18)16(19,20)21;1-3-2/h2-8H,1H2;3H,1-2H3. The molecular weight excluding hydrogens is 374 g/mol. The first-order valence-electron chi connectivity index (χ1n) is 7.22.